The average Bonchev–Trinajstić information content (AvgIpc) is 4.14. The monoisotopic (exact) mass is 820 g/mol. The van der Waals surface area contributed by atoms with Gasteiger partial charge in [-0.3, -0.25) is 19.2 Å². The van der Waals surface area contributed by atoms with Gasteiger partial charge in [-0.1, -0.05) is 66.5 Å². The van der Waals surface area contributed by atoms with Crippen molar-refractivity contribution in [2.24, 2.45) is 10.8 Å². The number of carbonyl (C=O) groups excluding carboxylic acids is 3. The molecule has 3 atom stereocenters. The predicted octanol–water partition coefficient (Wildman–Crippen LogP) is 6.33. The number of rotatable bonds is 19. The normalized spacial score (nSPS) is 20.3. The molecule has 3 fully saturated rings. The van der Waals surface area contributed by atoms with Gasteiger partial charge in [0.2, 0.25) is 11.7 Å². The van der Waals surface area contributed by atoms with Crippen molar-refractivity contribution in [3.8, 4) is 11.5 Å². The lowest BCUT2D eigenvalue weighted by molar-refractivity contribution is -0.121. The number of esters is 1. The Balaban J connectivity index is 0.00000102. The fraction of sp³-hybridized carbons (Fsp3) is 0.523. The van der Waals surface area contributed by atoms with E-state index >= 15 is 0 Å². The second kappa shape index (κ2) is 17.6. The molecule has 7 rings (SSSR count). The molecule has 2 aromatic carbocycles. The van der Waals surface area contributed by atoms with E-state index in [1.54, 1.807) is 23.6 Å². The van der Waals surface area contributed by atoms with Crippen LogP contribution in [0.4, 0.5) is 0 Å². The second-order valence-electron chi connectivity index (χ2n) is 17.0. The molecule has 0 bridgehead atoms. The van der Waals surface area contributed by atoms with Gasteiger partial charge in [0.1, 0.15) is 52.8 Å². The molecule has 2 aromatic heterocycles. The van der Waals surface area contributed by atoms with E-state index in [0.29, 0.717) is 16.4 Å². The summed E-state index contributed by atoms with van der Waals surface area (Å²) in [6, 6.07) is 11.4. The Labute approximate surface area is 339 Å². The Bertz CT molecular complexity index is 2270. The van der Waals surface area contributed by atoms with Crippen LogP contribution in [-0.4, -0.2) is 83.9 Å². The van der Waals surface area contributed by atoms with Crippen LogP contribution in [0.5, 0.6) is 11.5 Å². The van der Waals surface area contributed by atoms with E-state index in [1.807, 2.05) is 20.8 Å². The zero-order valence-corrected chi connectivity index (χ0v) is 35.1. The lowest BCUT2D eigenvalue weighted by atomic mass is 9.74. The molecule has 0 saturated carbocycles. The summed E-state index contributed by atoms with van der Waals surface area (Å²) in [4.78, 5) is 63.4. The number of carbonyl (C=O) groups is 3. The lowest BCUT2D eigenvalue weighted by Crippen LogP contribution is -2.34. The van der Waals surface area contributed by atoms with E-state index in [-0.39, 0.29) is 94.6 Å². The van der Waals surface area contributed by atoms with Gasteiger partial charge in [0.05, 0.1) is 6.61 Å². The Hall–Kier alpha value is -4.82. The molecule has 0 aliphatic carbocycles. The Morgan fingerprint density at radius 3 is 1.88 bits per heavy atom. The molecule has 14 heteroatoms. The van der Waals surface area contributed by atoms with E-state index in [4.69, 9.17) is 23.0 Å². The summed E-state index contributed by atoms with van der Waals surface area (Å²) in [6.45, 7) is 12.5. The quantitative estimate of drug-likeness (QED) is 0.0546. The lowest BCUT2D eigenvalue weighted by Gasteiger charge is -2.33. The van der Waals surface area contributed by atoms with E-state index in [0.717, 1.165) is 37.8 Å². The van der Waals surface area contributed by atoms with E-state index in [2.05, 4.69) is 31.4 Å². The van der Waals surface area contributed by atoms with Gasteiger partial charge in [-0.15, -0.1) is 0 Å². The van der Waals surface area contributed by atoms with Crippen LogP contribution in [-0.2, 0) is 9.53 Å². The highest BCUT2D eigenvalue weighted by Gasteiger charge is 2.87. The number of ether oxygens (including phenoxy) is 3. The summed E-state index contributed by atoms with van der Waals surface area (Å²) >= 11 is 0. The minimum Gasteiger partial charge on any atom is -0.490 e. The maximum absolute atomic E-state index is 13.1. The maximum atomic E-state index is 13.1. The third-order valence-corrected chi connectivity index (χ3v) is 15.2. The van der Waals surface area contributed by atoms with Gasteiger partial charge in [0.15, 0.2) is 16.6 Å². The number of fused-ring (bicyclic) bond motifs is 3. The molecule has 3 saturated heterocycles. The molecular formula is C44H56N2O11S. The molecular weight excluding hydrogens is 765 g/mol. The average molecular weight is 821 g/mol. The minimum atomic E-state index is -1.19. The molecule has 3 aliphatic heterocycles. The maximum Gasteiger partial charge on any atom is 0.374 e. The molecule has 1 spiro atoms. The molecule has 2 amide bonds. The van der Waals surface area contributed by atoms with Crippen molar-refractivity contribution in [1.82, 2.24) is 10.6 Å². The highest BCUT2D eigenvalue weighted by Crippen LogP contribution is 3.04. The van der Waals surface area contributed by atoms with Gasteiger partial charge in [0.25, 0.3) is 5.91 Å². The van der Waals surface area contributed by atoms with Crippen LogP contribution in [0, 0.1) is 10.8 Å². The van der Waals surface area contributed by atoms with Gasteiger partial charge in [-0.25, -0.2) is 14.8 Å². The van der Waals surface area contributed by atoms with Gasteiger partial charge in [0, 0.05) is 42.1 Å². The first-order chi connectivity index (χ1) is 27.6. The molecule has 3 unspecified atom stereocenters. The topological polar surface area (TPSA) is 184 Å². The number of hydrogen-bond acceptors (Lipinski definition) is 11. The summed E-state index contributed by atoms with van der Waals surface area (Å²) in [5.74, 6) is 1.78. The molecule has 3 N–H and O–H groups in total. The van der Waals surface area contributed by atoms with Gasteiger partial charge in [-0.2, -0.15) is 0 Å². The summed E-state index contributed by atoms with van der Waals surface area (Å²) in [7, 11) is 0.417. The summed E-state index contributed by atoms with van der Waals surface area (Å²) in [5.41, 5.74) is -1.03. The summed E-state index contributed by atoms with van der Waals surface area (Å²) in [6.07, 6.45) is 2.73. The van der Waals surface area contributed by atoms with Crippen LogP contribution in [0.1, 0.15) is 94.8 Å². The van der Waals surface area contributed by atoms with E-state index in [9.17, 15) is 29.1 Å². The molecule has 4 aromatic rings. The van der Waals surface area contributed by atoms with Crippen LogP contribution in [0.3, 0.4) is 0 Å². The fourth-order valence-corrected chi connectivity index (χ4v) is 11.5. The Morgan fingerprint density at radius 2 is 1.36 bits per heavy atom. The van der Waals surface area contributed by atoms with Crippen LogP contribution in [0.25, 0.3) is 21.9 Å². The standard InChI is InChI=1S/C40H50N2O11.C4H6S/c1-7-9-16-34(46)41-17-18-42-37(47)32-19-26(44)35-28(12-10-14-30(35)52-32)49-21-25(43)22-50-29-13-11-15-31-36(29)27(45)20-33(53-31)38(48)51-24-40(5,6)23-39(3,4)8-2;1-3-4-2-5(1,3)4/h10-15,19-20,25,43H,7-9,16-18,21-24H2,1-6H3,(H,41,46)(H,42,47);3-4H,1-2H2. The first-order valence-electron chi connectivity index (χ1n) is 20.1. The highest BCUT2D eigenvalue weighted by atomic mass is 32.3. The first-order valence-corrected chi connectivity index (χ1v) is 22.2. The summed E-state index contributed by atoms with van der Waals surface area (Å²) < 4.78 is 28.5. The third kappa shape index (κ3) is 10.4. The van der Waals surface area contributed by atoms with Crippen molar-refractivity contribution in [3.63, 3.8) is 0 Å². The van der Waals surface area contributed by atoms with Crippen molar-refractivity contribution in [1.29, 1.82) is 0 Å². The molecule has 314 valence electrons. The van der Waals surface area contributed by atoms with Crippen LogP contribution in [0.15, 0.2) is 67.0 Å². The van der Waals surface area contributed by atoms with Crippen LogP contribution < -0.4 is 31.0 Å². The smallest absolute Gasteiger partial charge is 0.374 e. The minimum absolute atomic E-state index is 0.0784. The van der Waals surface area contributed by atoms with Crippen molar-refractivity contribution in [3.05, 3.63) is 80.5 Å². The van der Waals surface area contributed by atoms with Crippen molar-refractivity contribution in [2.45, 2.75) is 90.3 Å². The number of aliphatic hydroxyl groups excluding tert-OH is 1. The molecule has 13 nitrogen and oxygen atoms in total. The number of benzene rings is 2. The summed E-state index contributed by atoms with van der Waals surface area (Å²) in [5, 5.41) is 18.9. The Kier molecular flexibility index (Phi) is 13.0. The van der Waals surface area contributed by atoms with Gasteiger partial charge in [-0.05, 0) is 59.4 Å². The van der Waals surface area contributed by atoms with E-state index in [1.165, 1.54) is 34.8 Å². The number of unbranched alkanes of at least 4 members (excludes halogenated alkanes) is 1. The largest absolute Gasteiger partial charge is 0.490 e. The fourth-order valence-electron chi connectivity index (χ4n) is 7.27. The van der Waals surface area contributed by atoms with Gasteiger partial charge >= 0.3 is 5.97 Å². The number of aliphatic hydroxyl groups is 1. The van der Waals surface area contributed by atoms with Crippen molar-refractivity contribution >= 4 is 49.8 Å². The van der Waals surface area contributed by atoms with Gasteiger partial charge < -0.3 is 38.8 Å². The molecule has 5 heterocycles. The van der Waals surface area contributed by atoms with Crippen LogP contribution >= 0.6 is 10.0 Å². The molecule has 58 heavy (non-hydrogen) atoms. The number of hydrogen-bond donors (Lipinski definition) is 3. The number of amides is 2. The third-order valence-electron chi connectivity index (χ3n) is 11.0. The first kappa shape index (κ1) is 42.8. The van der Waals surface area contributed by atoms with Crippen molar-refractivity contribution in [2.75, 3.05) is 44.4 Å². The predicted molar refractivity (Wildman–Crippen MR) is 224 cm³/mol. The SMILES string of the molecule is C1C2C3CS123.CCCCC(=O)NCCNC(=O)c1cc(=O)c2c(OCC(O)COc3cccc4oc(C(=O)OCC(C)(C)CC(C)(C)CC)cc(=O)c34)cccc2o1. The molecule has 0 radical (unpaired) electrons. The number of nitrogens with one attached hydrogen (secondary N) is 2. The Morgan fingerprint density at radius 1 is 0.828 bits per heavy atom. The highest BCUT2D eigenvalue weighted by molar-refractivity contribution is 8.53. The second-order valence-corrected chi connectivity index (χ2v) is 20.9. The van der Waals surface area contributed by atoms with Crippen molar-refractivity contribution < 1.29 is 42.5 Å². The zero-order chi connectivity index (χ0) is 41.8. The van der Waals surface area contributed by atoms with E-state index < -0.39 is 28.8 Å². The van der Waals surface area contributed by atoms with Crippen LogP contribution in [0.2, 0.25) is 0 Å². The zero-order valence-electron chi connectivity index (χ0n) is 34.3. The molecule has 3 aliphatic rings.